The van der Waals surface area contributed by atoms with Crippen LogP contribution in [0.1, 0.15) is 38.8 Å². The molecule has 4 unspecified atom stereocenters. The molecule has 1 aromatic heterocycles. The fraction of sp³-hybridized carbons (Fsp3) is 0.600. The quantitative estimate of drug-likeness (QED) is 0.133. The van der Waals surface area contributed by atoms with Crippen molar-refractivity contribution in [2.45, 2.75) is 63.7 Å². The van der Waals surface area contributed by atoms with Crippen LogP contribution >= 0.6 is 12.6 Å². The van der Waals surface area contributed by atoms with Crippen LogP contribution < -0.4 is 21.7 Å². The summed E-state index contributed by atoms with van der Waals surface area (Å²) < 4.78 is 0. The highest BCUT2D eigenvalue weighted by Gasteiger charge is 2.30. The second kappa shape index (κ2) is 14.2. The van der Waals surface area contributed by atoms with E-state index < -0.39 is 60.2 Å². The molecular formula is C20H32N6O7S. The number of amides is 3. The number of nitrogens with zero attached hydrogens (tertiary/aromatic N) is 1. The molecule has 8 N–H and O–H groups in total. The Morgan fingerprint density at radius 1 is 1.03 bits per heavy atom. The third-order valence-electron chi connectivity index (χ3n) is 4.75. The minimum Gasteiger partial charge on any atom is -0.481 e. The van der Waals surface area contributed by atoms with Crippen LogP contribution in [-0.2, 0) is 30.4 Å². The molecule has 4 atom stereocenters. The number of hydrogen-bond donors (Lipinski definition) is 8. The summed E-state index contributed by atoms with van der Waals surface area (Å²) in [6.45, 7) is 3.69. The van der Waals surface area contributed by atoms with Gasteiger partial charge in [-0.25, -0.2) is 9.78 Å². The van der Waals surface area contributed by atoms with Gasteiger partial charge in [-0.15, -0.1) is 0 Å². The molecule has 0 saturated carbocycles. The first-order chi connectivity index (χ1) is 15.9. The molecule has 34 heavy (non-hydrogen) atoms. The van der Waals surface area contributed by atoms with E-state index in [2.05, 4.69) is 38.5 Å². The Labute approximate surface area is 202 Å². The highest BCUT2D eigenvalue weighted by Crippen LogP contribution is 2.07. The van der Waals surface area contributed by atoms with Gasteiger partial charge < -0.3 is 36.9 Å². The van der Waals surface area contributed by atoms with Crippen molar-refractivity contribution in [2.24, 2.45) is 11.7 Å². The molecule has 3 amide bonds. The molecule has 0 saturated heterocycles. The van der Waals surface area contributed by atoms with Gasteiger partial charge in [0.1, 0.15) is 18.1 Å². The predicted molar refractivity (Wildman–Crippen MR) is 124 cm³/mol. The lowest BCUT2D eigenvalue weighted by molar-refractivity contribution is -0.143. The Hall–Kier alpha value is -3.13. The van der Waals surface area contributed by atoms with Crippen molar-refractivity contribution in [2.75, 3.05) is 5.75 Å². The number of carbonyl (C=O) groups excluding carboxylic acids is 3. The first-order valence-electron chi connectivity index (χ1n) is 10.6. The molecule has 14 heteroatoms. The van der Waals surface area contributed by atoms with E-state index in [9.17, 15) is 29.1 Å². The summed E-state index contributed by atoms with van der Waals surface area (Å²) >= 11 is 4.04. The fourth-order valence-electron chi connectivity index (χ4n) is 2.97. The second-order valence-corrected chi connectivity index (χ2v) is 8.52. The average molecular weight is 501 g/mol. The van der Waals surface area contributed by atoms with E-state index in [0.29, 0.717) is 5.69 Å². The first kappa shape index (κ1) is 28.9. The lowest BCUT2D eigenvalue weighted by Crippen LogP contribution is -2.58. The number of hydrogen-bond acceptors (Lipinski definition) is 8. The van der Waals surface area contributed by atoms with Crippen LogP contribution in [0.4, 0.5) is 0 Å². The van der Waals surface area contributed by atoms with Gasteiger partial charge in [0.25, 0.3) is 0 Å². The number of carbonyl (C=O) groups is 5. The number of aromatic nitrogens is 2. The van der Waals surface area contributed by atoms with Gasteiger partial charge >= 0.3 is 11.9 Å². The molecule has 1 heterocycles. The highest BCUT2D eigenvalue weighted by molar-refractivity contribution is 7.80. The second-order valence-electron chi connectivity index (χ2n) is 8.15. The first-order valence-corrected chi connectivity index (χ1v) is 11.3. The minimum atomic E-state index is -1.45. The smallest absolute Gasteiger partial charge is 0.326 e. The molecule has 1 rings (SSSR count). The summed E-state index contributed by atoms with van der Waals surface area (Å²) in [5.74, 6) is -4.84. The molecule has 0 spiro atoms. The topological polar surface area (TPSA) is 217 Å². The number of carboxylic acids is 2. The van der Waals surface area contributed by atoms with Crippen molar-refractivity contribution in [3.8, 4) is 0 Å². The summed E-state index contributed by atoms with van der Waals surface area (Å²) in [4.78, 5) is 66.7. The third-order valence-corrected chi connectivity index (χ3v) is 5.11. The lowest BCUT2D eigenvalue weighted by Gasteiger charge is -2.25. The molecule has 0 aliphatic carbocycles. The van der Waals surface area contributed by atoms with Crippen LogP contribution in [0.5, 0.6) is 0 Å². The maximum Gasteiger partial charge on any atom is 0.326 e. The fourth-order valence-corrected chi connectivity index (χ4v) is 3.23. The van der Waals surface area contributed by atoms with Crippen LogP contribution in [0.15, 0.2) is 12.5 Å². The Balaban J connectivity index is 2.81. The zero-order valence-electron chi connectivity index (χ0n) is 19.0. The van der Waals surface area contributed by atoms with Crippen LogP contribution in [-0.4, -0.2) is 79.8 Å². The normalized spacial score (nSPS) is 14.5. The van der Waals surface area contributed by atoms with Crippen molar-refractivity contribution in [3.63, 3.8) is 0 Å². The molecule has 0 bridgehead atoms. The van der Waals surface area contributed by atoms with Crippen molar-refractivity contribution < 1.29 is 34.2 Å². The number of H-pyrrole nitrogens is 1. The van der Waals surface area contributed by atoms with E-state index in [0.717, 1.165) is 0 Å². The monoisotopic (exact) mass is 500 g/mol. The molecule has 0 aromatic carbocycles. The van der Waals surface area contributed by atoms with Crippen LogP contribution in [0, 0.1) is 5.92 Å². The van der Waals surface area contributed by atoms with Gasteiger partial charge in [0.2, 0.25) is 17.7 Å². The number of rotatable bonds is 15. The largest absolute Gasteiger partial charge is 0.481 e. The molecule has 13 nitrogen and oxygen atoms in total. The predicted octanol–water partition coefficient (Wildman–Crippen LogP) is -1.34. The van der Waals surface area contributed by atoms with Gasteiger partial charge in [0.05, 0.1) is 12.4 Å². The van der Waals surface area contributed by atoms with E-state index in [-0.39, 0.29) is 30.9 Å². The number of nitrogens with one attached hydrogen (secondary N) is 4. The molecule has 190 valence electrons. The summed E-state index contributed by atoms with van der Waals surface area (Å²) in [7, 11) is 0. The zero-order chi connectivity index (χ0) is 25.8. The number of aliphatic carboxylic acids is 2. The number of thiol groups is 1. The van der Waals surface area contributed by atoms with Crippen LogP contribution in [0.3, 0.4) is 0 Å². The molecule has 0 radical (unpaired) electrons. The molecule has 0 aliphatic rings. The van der Waals surface area contributed by atoms with Gasteiger partial charge in [-0.2, -0.15) is 12.6 Å². The van der Waals surface area contributed by atoms with Crippen molar-refractivity contribution in [3.05, 3.63) is 18.2 Å². The van der Waals surface area contributed by atoms with E-state index in [4.69, 9.17) is 10.8 Å². The van der Waals surface area contributed by atoms with E-state index >= 15 is 0 Å². The van der Waals surface area contributed by atoms with Gasteiger partial charge in [-0.3, -0.25) is 19.2 Å². The Morgan fingerprint density at radius 2 is 1.62 bits per heavy atom. The summed E-state index contributed by atoms with van der Waals surface area (Å²) in [6, 6.07) is -4.61. The van der Waals surface area contributed by atoms with Crippen LogP contribution in [0.2, 0.25) is 0 Å². The number of nitrogens with two attached hydrogens (primary N) is 1. The summed E-state index contributed by atoms with van der Waals surface area (Å²) in [5, 5.41) is 25.2. The van der Waals surface area contributed by atoms with Gasteiger partial charge in [0, 0.05) is 30.5 Å². The minimum absolute atomic E-state index is 0.00979. The van der Waals surface area contributed by atoms with Crippen molar-refractivity contribution in [1.29, 1.82) is 0 Å². The molecule has 0 aliphatic heterocycles. The maximum absolute atomic E-state index is 12.9. The van der Waals surface area contributed by atoms with E-state index in [1.54, 1.807) is 0 Å². The number of aromatic amines is 1. The zero-order valence-corrected chi connectivity index (χ0v) is 19.9. The standard InChI is InChI=1S/C20H32N6O7S/c1-10(2)5-14(25-17(29)12(21)6-11-7-22-9-23-11)18(30)26-15(8-34)19(31)24-13(20(32)33)3-4-16(27)28/h7,9-10,12-15,34H,3-6,8,21H2,1-2H3,(H,22,23)(H,24,31)(H,25,29)(H,26,30)(H,27,28)(H,32,33). The Kier molecular flexibility index (Phi) is 12.1. The van der Waals surface area contributed by atoms with Gasteiger partial charge in [-0.05, 0) is 18.8 Å². The number of imidazole rings is 1. The highest BCUT2D eigenvalue weighted by atomic mass is 32.1. The summed E-state index contributed by atoms with van der Waals surface area (Å²) in [6.07, 6.45) is 2.62. The Morgan fingerprint density at radius 3 is 2.12 bits per heavy atom. The lowest BCUT2D eigenvalue weighted by atomic mass is 10.0. The molecular weight excluding hydrogens is 468 g/mol. The van der Waals surface area contributed by atoms with E-state index in [1.807, 2.05) is 13.8 Å². The van der Waals surface area contributed by atoms with Crippen LogP contribution in [0.25, 0.3) is 0 Å². The Bertz CT molecular complexity index is 848. The average Bonchev–Trinajstić information content (AvgIpc) is 3.26. The van der Waals surface area contributed by atoms with Gasteiger partial charge in [-0.1, -0.05) is 13.8 Å². The molecule has 1 aromatic rings. The van der Waals surface area contributed by atoms with Gasteiger partial charge in [0.15, 0.2) is 0 Å². The van der Waals surface area contributed by atoms with E-state index in [1.165, 1.54) is 12.5 Å². The maximum atomic E-state index is 12.9. The number of carboxylic acid groups (broad SMARTS) is 2. The third kappa shape index (κ3) is 10.2. The van der Waals surface area contributed by atoms with Crippen molar-refractivity contribution >= 4 is 42.3 Å². The molecule has 0 fully saturated rings. The van der Waals surface area contributed by atoms with Crippen molar-refractivity contribution in [1.82, 2.24) is 25.9 Å². The summed E-state index contributed by atoms with van der Waals surface area (Å²) in [5.41, 5.74) is 6.58. The SMILES string of the molecule is CC(C)CC(NC(=O)C(N)Cc1cnc[nH]1)C(=O)NC(CS)C(=O)NC(CCC(=O)O)C(=O)O.